The van der Waals surface area contributed by atoms with Crippen LogP contribution >= 0.6 is 0 Å². The Morgan fingerprint density at radius 2 is 1.60 bits per heavy atom. The number of phenols is 3. The summed E-state index contributed by atoms with van der Waals surface area (Å²) in [5, 5.41) is 59.9. The predicted molar refractivity (Wildman–Crippen MR) is 102 cm³/mol. The highest BCUT2D eigenvalue weighted by atomic mass is 16.7. The number of phenolic OH excluding ortho intramolecular Hbond substituents is 3. The number of fused-ring (bicyclic) bond motifs is 1. The SMILES string of the molecule is C[C@@H]1O[C@@H](O[C@H]2Cc3c(O)cc(O)cc3O[C@H]2c2ccc(O)cc2)[C@H](O)[C@H](O)[C@H]1O. The Balaban J connectivity index is 1.66. The number of ether oxygens (including phenoxy) is 3. The summed E-state index contributed by atoms with van der Waals surface area (Å²) >= 11 is 0. The van der Waals surface area contributed by atoms with Crippen LogP contribution in [0, 0.1) is 0 Å². The maximum absolute atomic E-state index is 10.3. The molecule has 162 valence electrons. The first kappa shape index (κ1) is 20.7. The first-order chi connectivity index (χ1) is 14.2. The van der Waals surface area contributed by atoms with E-state index in [0.29, 0.717) is 11.1 Å². The summed E-state index contributed by atoms with van der Waals surface area (Å²) in [6, 6.07) is 8.83. The number of benzene rings is 2. The van der Waals surface area contributed by atoms with Crippen LogP contribution in [-0.2, 0) is 15.9 Å². The molecule has 4 rings (SSSR count). The zero-order valence-corrected chi connectivity index (χ0v) is 16.1. The zero-order chi connectivity index (χ0) is 21.6. The molecule has 30 heavy (non-hydrogen) atoms. The van der Waals surface area contributed by atoms with Gasteiger partial charge in [-0.25, -0.2) is 0 Å². The Bertz CT molecular complexity index is 900. The fourth-order valence-electron chi connectivity index (χ4n) is 3.81. The summed E-state index contributed by atoms with van der Waals surface area (Å²) in [5.41, 5.74) is 1.05. The number of aliphatic hydroxyl groups excluding tert-OH is 3. The molecule has 0 spiro atoms. The van der Waals surface area contributed by atoms with Gasteiger partial charge in [0.05, 0.1) is 6.10 Å². The molecule has 2 aliphatic rings. The lowest BCUT2D eigenvalue weighted by atomic mass is 9.93. The van der Waals surface area contributed by atoms with E-state index < -0.39 is 42.9 Å². The summed E-state index contributed by atoms with van der Waals surface area (Å²) < 4.78 is 17.5. The third-order valence-corrected chi connectivity index (χ3v) is 5.51. The Labute approximate surface area is 172 Å². The normalized spacial score (nSPS) is 33.5. The predicted octanol–water partition coefficient (Wildman–Crippen LogP) is 0.692. The van der Waals surface area contributed by atoms with Crippen molar-refractivity contribution in [2.75, 3.05) is 0 Å². The van der Waals surface area contributed by atoms with E-state index in [2.05, 4.69) is 0 Å². The lowest BCUT2D eigenvalue weighted by Gasteiger charge is -2.42. The first-order valence-electron chi connectivity index (χ1n) is 9.60. The van der Waals surface area contributed by atoms with Crippen molar-refractivity contribution in [2.24, 2.45) is 0 Å². The largest absolute Gasteiger partial charge is 0.508 e. The quantitative estimate of drug-likeness (QED) is 0.422. The zero-order valence-electron chi connectivity index (χ0n) is 16.1. The highest BCUT2D eigenvalue weighted by molar-refractivity contribution is 5.51. The minimum absolute atomic E-state index is 0.0692. The number of rotatable bonds is 3. The summed E-state index contributed by atoms with van der Waals surface area (Å²) in [5.74, 6) is 0.0165. The van der Waals surface area contributed by atoms with E-state index >= 15 is 0 Å². The van der Waals surface area contributed by atoms with Gasteiger partial charge in [0.15, 0.2) is 12.4 Å². The molecule has 0 radical (unpaired) electrons. The van der Waals surface area contributed by atoms with E-state index in [9.17, 15) is 30.6 Å². The molecule has 1 saturated heterocycles. The summed E-state index contributed by atoms with van der Waals surface area (Å²) in [7, 11) is 0. The van der Waals surface area contributed by atoms with Gasteiger partial charge in [-0.3, -0.25) is 0 Å². The maximum atomic E-state index is 10.3. The standard InChI is InChI=1S/C21H24O9/c1-9-17(25)18(26)19(27)21(28-9)30-16-8-13-14(24)6-12(23)7-15(13)29-20(16)10-2-4-11(22)5-3-10/h2-7,9,16-27H,8H2,1H3/t9-,16-,17-,18+,19+,20-,21-/m0/s1. The van der Waals surface area contributed by atoms with Crippen LogP contribution in [0.15, 0.2) is 36.4 Å². The van der Waals surface area contributed by atoms with E-state index in [1.54, 1.807) is 19.1 Å². The average Bonchev–Trinajstić information content (AvgIpc) is 2.71. The molecule has 9 heteroatoms. The minimum atomic E-state index is -1.49. The van der Waals surface area contributed by atoms with Crippen LogP contribution in [0.5, 0.6) is 23.0 Å². The van der Waals surface area contributed by atoms with Crippen molar-refractivity contribution >= 4 is 0 Å². The fourth-order valence-corrected chi connectivity index (χ4v) is 3.81. The second-order valence-electron chi connectivity index (χ2n) is 7.63. The van der Waals surface area contributed by atoms with Crippen molar-refractivity contribution in [3.05, 3.63) is 47.5 Å². The molecule has 2 heterocycles. The molecule has 0 amide bonds. The van der Waals surface area contributed by atoms with Crippen LogP contribution in [0.25, 0.3) is 0 Å². The third-order valence-electron chi connectivity index (χ3n) is 5.51. The van der Waals surface area contributed by atoms with Crippen LogP contribution in [0.3, 0.4) is 0 Å². The molecule has 0 aliphatic carbocycles. The van der Waals surface area contributed by atoms with Crippen molar-refractivity contribution in [1.29, 1.82) is 0 Å². The van der Waals surface area contributed by atoms with Gasteiger partial charge >= 0.3 is 0 Å². The fraction of sp³-hybridized carbons (Fsp3) is 0.429. The lowest BCUT2D eigenvalue weighted by Crippen LogP contribution is -2.58. The molecule has 1 fully saturated rings. The molecule has 0 aromatic heterocycles. The van der Waals surface area contributed by atoms with Gasteiger partial charge in [-0.2, -0.15) is 0 Å². The Morgan fingerprint density at radius 3 is 2.30 bits per heavy atom. The molecule has 6 N–H and O–H groups in total. The van der Waals surface area contributed by atoms with Crippen LogP contribution < -0.4 is 4.74 Å². The molecule has 2 aromatic rings. The highest BCUT2D eigenvalue weighted by Gasteiger charge is 2.45. The molecule has 0 bridgehead atoms. The van der Waals surface area contributed by atoms with Gasteiger partial charge in [-0.05, 0) is 24.6 Å². The van der Waals surface area contributed by atoms with Crippen molar-refractivity contribution in [2.45, 2.75) is 56.3 Å². The van der Waals surface area contributed by atoms with Crippen molar-refractivity contribution < 1.29 is 44.8 Å². The van der Waals surface area contributed by atoms with Gasteiger partial charge in [0.1, 0.15) is 47.4 Å². The van der Waals surface area contributed by atoms with Gasteiger partial charge in [-0.15, -0.1) is 0 Å². The molecule has 2 aliphatic heterocycles. The monoisotopic (exact) mass is 420 g/mol. The smallest absolute Gasteiger partial charge is 0.187 e. The topological polar surface area (TPSA) is 149 Å². The average molecular weight is 420 g/mol. The van der Waals surface area contributed by atoms with Gasteiger partial charge in [0.2, 0.25) is 0 Å². The van der Waals surface area contributed by atoms with Crippen LogP contribution in [0.4, 0.5) is 0 Å². The summed E-state index contributed by atoms with van der Waals surface area (Å²) in [4.78, 5) is 0. The Kier molecular flexibility index (Phi) is 5.48. The minimum Gasteiger partial charge on any atom is -0.508 e. The van der Waals surface area contributed by atoms with Gasteiger partial charge in [0.25, 0.3) is 0 Å². The number of hydrogen-bond donors (Lipinski definition) is 6. The molecule has 7 atom stereocenters. The van der Waals surface area contributed by atoms with E-state index in [-0.39, 0.29) is 29.4 Å². The van der Waals surface area contributed by atoms with E-state index in [0.717, 1.165) is 0 Å². The van der Waals surface area contributed by atoms with E-state index in [1.165, 1.54) is 24.3 Å². The molecule has 9 nitrogen and oxygen atoms in total. The Hall–Kier alpha value is -2.56. The van der Waals surface area contributed by atoms with E-state index in [4.69, 9.17) is 14.2 Å². The van der Waals surface area contributed by atoms with Gasteiger partial charge in [0, 0.05) is 24.1 Å². The number of hydrogen-bond acceptors (Lipinski definition) is 9. The Morgan fingerprint density at radius 1 is 0.900 bits per heavy atom. The van der Waals surface area contributed by atoms with E-state index in [1.807, 2.05) is 0 Å². The summed E-state index contributed by atoms with van der Waals surface area (Å²) in [6.45, 7) is 1.55. The number of aromatic hydroxyl groups is 3. The molecule has 0 unspecified atom stereocenters. The lowest BCUT2D eigenvalue weighted by molar-refractivity contribution is -0.310. The second kappa shape index (κ2) is 7.93. The second-order valence-corrected chi connectivity index (χ2v) is 7.63. The van der Waals surface area contributed by atoms with Crippen LogP contribution in [0.2, 0.25) is 0 Å². The first-order valence-corrected chi connectivity index (χ1v) is 9.60. The third kappa shape index (κ3) is 3.78. The van der Waals surface area contributed by atoms with Crippen LogP contribution in [0.1, 0.15) is 24.2 Å². The maximum Gasteiger partial charge on any atom is 0.187 e. The molecule has 2 aromatic carbocycles. The van der Waals surface area contributed by atoms with Crippen LogP contribution in [-0.4, -0.2) is 67.4 Å². The summed E-state index contributed by atoms with van der Waals surface area (Å²) in [6.07, 6.45) is -7.55. The van der Waals surface area contributed by atoms with Gasteiger partial charge in [-0.1, -0.05) is 12.1 Å². The van der Waals surface area contributed by atoms with Crippen molar-refractivity contribution in [3.63, 3.8) is 0 Å². The van der Waals surface area contributed by atoms with Crippen molar-refractivity contribution in [1.82, 2.24) is 0 Å². The number of aliphatic hydroxyl groups is 3. The van der Waals surface area contributed by atoms with Gasteiger partial charge < -0.3 is 44.8 Å². The molecular weight excluding hydrogens is 396 g/mol. The molecular formula is C21H24O9. The molecule has 0 saturated carbocycles. The highest BCUT2D eigenvalue weighted by Crippen LogP contribution is 2.43. The van der Waals surface area contributed by atoms with Crippen molar-refractivity contribution in [3.8, 4) is 23.0 Å².